The van der Waals surface area contributed by atoms with Gasteiger partial charge in [-0.3, -0.25) is 9.69 Å². The number of benzene rings is 1. The van der Waals surface area contributed by atoms with Crippen LogP contribution in [0.25, 0.3) is 0 Å². The van der Waals surface area contributed by atoms with E-state index < -0.39 is 0 Å². The quantitative estimate of drug-likeness (QED) is 0.785. The maximum absolute atomic E-state index is 12.4. The summed E-state index contributed by atoms with van der Waals surface area (Å²) in [5.74, 6) is 0.843. The van der Waals surface area contributed by atoms with Crippen LogP contribution >= 0.6 is 0 Å². The molecule has 2 fully saturated rings. The standard InChI is InChI=1S/C23H31N5O2/c1-19-3-2-4-21(17-19)27-11-9-26(10-12-27)8-7-24-23(29)20-5-6-22(25-18-20)28-13-15-30-16-14-28/h2-6,17-18H,7-16H2,1H3,(H,24,29). The molecule has 0 atom stereocenters. The Bertz CT molecular complexity index is 828. The Labute approximate surface area is 178 Å². The number of amides is 1. The fourth-order valence-corrected chi connectivity index (χ4v) is 3.98. The highest BCUT2D eigenvalue weighted by molar-refractivity contribution is 5.94. The smallest absolute Gasteiger partial charge is 0.252 e. The van der Waals surface area contributed by atoms with Crippen LogP contribution in [0.15, 0.2) is 42.6 Å². The minimum absolute atomic E-state index is 0.0607. The molecule has 7 heteroatoms. The van der Waals surface area contributed by atoms with E-state index in [0.29, 0.717) is 12.1 Å². The van der Waals surface area contributed by atoms with Crippen LogP contribution < -0.4 is 15.1 Å². The Morgan fingerprint density at radius 1 is 1.03 bits per heavy atom. The van der Waals surface area contributed by atoms with Gasteiger partial charge >= 0.3 is 0 Å². The van der Waals surface area contributed by atoms with Gasteiger partial charge in [0.2, 0.25) is 0 Å². The summed E-state index contributed by atoms with van der Waals surface area (Å²) in [5.41, 5.74) is 3.21. The third-order valence-corrected chi connectivity index (χ3v) is 5.80. The second-order valence-electron chi connectivity index (χ2n) is 7.93. The van der Waals surface area contributed by atoms with Gasteiger partial charge in [0, 0.05) is 64.2 Å². The SMILES string of the molecule is Cc1cccc(N2CCN(CCNC(=O)c3ccc(N4CCOCC4)nc3)CC2)c1. The van der Waals surface area contributed by atoms with Gasteiger partial charge in [0.25, 0.3) is 5.91 Å². The summed E-state index contributed by atoms with van der Waals surface area (Å²) in [6.45, 7) is 10.8. The lowest BCUT2D eigenvalue weighted by molar-refractivity contribution is 0.0947. The molecule has 1 amide bonds. The first kappa shape index (κ1) is 20.6. The number of rotatable bonds is 6. The number of aromatic nitrogens is 1. The Morgan fingerprint density at radius 2 is 1.83 bits per heavy atom. The summed E-state index contributed by atoms with van der Waals surface area (Å²) in [7, 11) is 0. The van der Waals surface area contributed by atoms with Crippen LogP contribution in [-0.4, -0.2) is 81.4 Å². The number of hydrogen-bond acceptors (Lipinski definition) is 6. The Balaban J connectivity index is 1.19. The highest BCUT2D eigenvalue weighted by atomic mass is 16.5. The zero-order valence-corrected chi connectivity index (χ0v) is 17.7. The van der Waals surface area contributed by atoms with Crippen molar-refractivity contribution in [3.05, 3.63) is 53.7 Å². The van der Waals surface area contributed by atoms with E-state index in [1.165, 1.54) is 11.3 Å². The number of nitrogens with one attached hydrogen (secondary N) is 1. The minimum Gasteiger partial charge on any atom is -0.378 e. The zero-order valence-electron chi connectivity index (χ0n) is 17.7. The number of hydrogen-bond donors (Lipinski definition) is 1. The molecule has 2 aliphatic heterocycles. The number of carbonyl (C=O) groups is 1. The monoisotopic (exact) mass is 409 g/mol. The van der Waals surface area contributed by atoms with Gasteiger partial charge in [-0.15, -0.1) is 0 Å². The molecule has 2 aliphatic rings. The molecule has 1 aromatic carbocycles. The first-order chi connectivity index (χ1) is 14.7. The van der Waals surface area contributed by atoms with Crippen LogP contribution in [0.5, 0.6) is 0 Å². The summed E-state index contributed by atoms with van der Waals surface area (Å²) >= 11 is 0. The summed E-state index contributed by atoms with van der Waals surface area (Å²) in [4.78, 5) is 23.9. The van der Waals surface area contributed by atoms with Crippen LogP contribution in [0.3, 0.4) is 0 Å². The van der Waals surface area contributed by atoms with E-state index in [0.717, 1.165) is 64.8 Å². The number of ether oxygens (including phenoxy) is 1. The lowest BCUT2D eigenvalue weighted by atomic mass is 10.2. The van der Waals surface area contributed by atoms with Gasteiger partial charge in [-0.2, -0.15) is 0 Å². The number of morpholine rings is 1. The number of pyridine rings is 1. The molecule has 0 bridgehead atoms. The topological polar surface area (TPSA) is 60.9 Å². The first-order valence-electron chi connectivity index (χ1n) is 10.8. The van der Waals surface area contributed by atoms with E-state index in [1.54, 1.807) is 6.20 Å². The molecule has 0 saturated carbocycles. The van der Waals surface area contributed by atoms with E-state index in [2.05, 4.69) is 56.2 Å². The van der Waals surface area contributed by atoms with Gasteiger partial charge in [0.1, 0.15) is 5.82 Å². The summed E-state index contributed by atoms with van der Waals surface area (Å²) < 4.78 is 5.37. The predicted octanol–water partition coefficient (Wildman–Crippen LogP) is 1.78. The van der Waals surface area contributed by atoms with Crippen molar-refractivity contribution in [2.24, 2.45) is 0 Å². The fraction of sp³-hybridized carbons (Fsp3) is 0.478. The van der Waals surface area contributed by atoms with Gasteiger partial charge in [-0.1, -0.05) is 12.1 Å². The Hall–Kier alpha value is -2.64. The second-order valence-corrected chi connectivity index (χ2v) is 7.93. The second kappa shape index (κ2) is 9.91. The third-order valence-electron chi connectivity index (χ3n) is 5.80. The molecule has 7 nitrogen and oxygen atoms in total. The predicted molar refractivity (Wildman–Crippen MR) is 119 cm³/mol. The highest BCUT2D eigenvalue weighted by Gasteiger charge is 2.17. The summed E-state index contributed by atoms with van der Waals surface area (Å²) in [5, 5.41) is 3.03. The van der Waals surface area contributed by atoms with Crippen LogP contribution in [0.2, 0.25) is 0 Å². The molecule has 0 unspecified atom stereocenters. The summed E-state index contributed by atoms with van der Waals surface area (Å²) in [6.07, 6.45) is 1.67. The normalized spacial score (nSPS) is 17.8. The molecule has 3 heterocycles. The van der Waals surface area contributed by atoms with Crippen molar-refractivity contribution in [1.29, 1.82) is 0 Å². The van der Waals surface area contributed by atoms with Crippen molar-refractivity contribution in [3.8, 4) is 0 Å². The van der Waals surface area contributed by atoms with E-state index >= 15 is 0 Å². The molecule has 0 spiro atoms. The van der Waals surface area contributed by atoms with Crippen LogP contribution in [0.1, 0.15) is 15.9 Å². The number of anilines is 2. The fourth-order valence-electron chi connectivity index (χ4n) is 3.98. The molecule has 4 rings (SSSR count). The van der Waals surface area contributed by atoms with Gasteiger partial charge < -0.3 is 19.9 Å². The van der Waals surface area contributed by atoms with Crippen LogP contribution in [0.4, 0.5) is 11.5 Å². The average molecular weight is 410 g/mol. The van der Waals surface area contributed by atoms with E-state index in [4.69, 9.17) is 4.74 Å². The van der Waals surface area contributed by atoms with Gasteiger partial charge in [0.15, 0.2) is 0 Å². The molecular formula is C23H31N5O2. The van der Waals surface area contributed by atoms with Crippen molar-refractivity contribution in [3.63, 3.8) is 0 Å². The Morgan fingerprint density at radius 3 is 2.53 bits per heavy atom. The van der Waals surface area contributed by atoms with Crippen molar-refractivity contribution in [1.82, 2.24) is 15.2 Å². The van der Waals surface area contributed by atoms with E-state index in [-0.39, 0.29) is 5.91 Å². The average Bonchev–Trinajstić information content (AvgIpc) is 2.80. The van der Waals surface area contributed by atoms with Crippen LogP contribution in [0, 0.1) is 6.92 Å². The van der Waals surface area contributed by atoms with Crippen molar-refractivity contribution in [2.45, 2.75) is 6.92 Å². The number of piperazine rings is 1. The summed E-state index contributed by atoms with van der Waals surface area (Å²) in [6, 6.07) is 12.5. The van der Waals surface area contributed by atoms with E-state index in [1.807, 2.05) is 12.1 Å². The van der Waals surface area contributed by atoms with Gasteiger partial charge in [0.05, 0.1) is 18.8 Å². The molecule has 1 aromatic heterocycles. The first-order valence-corrected chi connectivity index (χ1v) is 10.8. The zero-order chi connectivity index (χ0) is 20.8. The largest absolute Gasteiger partial charge is 0.378 e. The highest BCUT2D eigenvalue weighted by Crippen LogP contribution is 2.17. The number of aryl methyl sites for hydroxylation is 1. The third kappa shape index (κ3) is 5.29. The molecule has 2 aromatic rings. The molecular weight excluding hydrogens is 378 g/mol. The molecule has 0 radical (unpaired) electrons. The van der Waals surface area contributed by atoms with Crippen LogP contribution in [-0.2, 0) is 4.74 Å². The lowest BCUT2D eigenvalue weighted by Crippen LogP contribution is -2.48. The molecule has 0 aliphatic carbocycles. The maximum Gasteiger partial charge on any atom is 0.252 e. The Kier molecular flexibility index (Phi) is 6.81. The molecule has 1 N–H and O–H groups in total. The number of nitrogens with zero attached hydrogens (tertiary/aromatic N) is 4. The number of carbonyl (C=O) groups excluding carboxylic acids is 1. The van der Waals surface area contributed by atoms with Gasteiger partial charge in [-0.05, 0) is 36.8 Å². The van der Waals surface area contributed by atoms with E-state index in [9.17, 15) is 4.79 Å². The molecule has 160 valence electrons. The van der Waals surface area contributed by atoms with Crippen molar-refractivity contribution < 1.29 is 9.53 Å². The minimum atomic E-state index is -0.0607. The molecule has 30 heavy (non-hydrogen) atoms. The maximum atomic E-state index is 12.4. The van der Waals surface area contributed by atoms with Gasteiger partial charge in [-0.25, -0.2) is 4.98 Å². The lowest BCUT2D eigenvalue weighted by Gasteiger charge is -2.36. The van der Waals surface area contributed by atoms with Crippen molar-refractivity contribution in [2.75, 3.05) is 75.4 Å². The molecule has 2 saturated heterocycles. The van der Waals surface area contributed by atoms with Crippen molar-refractivity contribution >= 4 is 17.4 Å².